The van der Waals surface area contributed by atoms with Crippen LogP contribution in [0.2, 0.25) is 0 Å². The maximum atomic E-state index is 9.86. The first-order valence-electron chi connectivity index (χ1n) is 8.16. The number of allylic oxidation sites excluding steroid dienone is 2. The van der Waals surface area contributed by atoms with Crippen LogP contribution in [0.4, 0.5) is 0 Å². The molecule has 1 aromatic carbocycles. The third-order valence-corrected chi connectivity index (χ3v) is 5.36. The van der Waals surface area contributed by atoms with Crippen LogP contribution in [0.1, 0.15) is 36.3 Å². The van der Waals surface area contributed by atoms with Crippen LogP contribution in [0.5, 0.6) is 0 Å². The van der Waals surface area contributed by atoms with Gasteiger partial charge in [0.05, 0.1) is 23.9 Å². The molecule has 1 saturated carbocycles. The molecule has 2 aliphatic rings. The van der Waals surface area contributed by atoms with Gasteiger partial charge in [0.25, 0.3) is 0 Å². The molecule has 4 heteroatoms. The minimum absolute atomic E-state index is 0.0282. The molecule has 4 nitrogen and oxygen atoms in total. The van der Waals surface area contributed by atoms with Crippen molar-refractivity contribution >= 4 is 5.71 Å². The van der Waals surface area contributed by atoms with E-state index in [9.17, 15) is 15.8 Å². The van der Waals surface area contributed by atoms with E-state index in [0.29, 0.717) is 0 Å². The highest BCUT2D eigenvalue weighted by Gasteiger charge is 2.56. The molecule has 1 aromatic rings. The zero-order chi connectivity index (χ0) is 17.3. The largest absolute Gasteiger partial charge is 0.305 e. The van der Waals surface area contributed by atoms with Gasteiger partial charge < -0.3 is 5.41 Å². The van der Waals surface area contributed by atoms with Gasteiger partial charge in [0.1, 0.15) is 5.92 Å². The zero-order valence-electron chi connectivity index (χ0n) is 13.6. The predicted molar refractivity (Wildman–Crippen MR) is 89.8 cm³/mol. The van der Waals surface area contributed by atoms with Crippen molar-refractivity contribution in [1.82, 2.24) is 0 Å². The number of nitrogens with one attached hydrogen (secondary N) is 1. The van der Waals surface area contributed by atoms with Crippen LogP contribution in [0, 0.1) is 63.6 Å². The Kier molecular flexibility index (Phi) is 3.96. The Bertz CT molecular complexity index is 812. The summed E-state index contributed by atoms with van der Waals surface area (Å²) in [6, 6.07) is 14.2. The lowest BCUT2D eigenvalue weighted by Gasteiger charge is -2.45. The second-order valence-corrected chi connectivity index (χ2v) is 6.64. The summed E-state index contributed by atoms with van der Waals surface area (Å²) >= 11 is 0. The molecular weight excluding hydrogens is 296 g/mol. The van der Waals surface area contributed by atoms with Gasteiger partial charge in [-0.25, -0.2) is 0 Å². The predicted octanol–water partition coefficient (Wildman–Crippen LogP) is 4.01. The van der Waals surface area contributed by atoms with E-state index in [4.69, 9.17) is 5.41 Å². The molecule has 3 atom stereocenters. The summed E-state index contributed by atoms with van der Waals surface area (Å²) in [7, 11) is 0. The van der Waals surface area contributed by atoms with E-state index in [2.05, 4.69) is 24.3 Å². The topological polar surface area (TPSA) is 95.2 Å². The molecule has 0 radical (unpaired) electrons. The third-order valence-electron chi connectivity index (χ3n) is 5.36. The lowest BCUT2D eigenvalue weighted by molar-refractivity contribution is 0.320. The number of benzene rings is 1. The van der Waals surface area contributed by atoms with Crippen molar-refractivity contribution in [1.29, 1.82) is 21.2 Å². The molecule has 0 heterocycles. The summed E-state index contributed by atoms with van der Waals surface area (Å²) < 4.78 is 0. The summed E-state index contributed by atoms with van der Waals surface area (Å²) in [5, 5.41) is 37.8. The van der Waals surface area contributed by atoms with E-state index in [1.54, 1.807) is 0 Å². The molecule has 1 N–H and O–H groups in total. The van der Waals surface area contributed by atoms with E-state index in [1.165, 1.54) is 0 Å². The lowest BCUT2D eigenvalue weighted by atomic mass is 9.53. The van der Waals surface area contributed by atoms with Crippen LogP contribution in [-0.2, 0) is 0 Å². The van der Waals surface area contributed by atoms with Crippen LogP contribution in [-0.4, -0.2) is 5.71 Å². The minimum atomic E-state index is -1.57. The van der Waals surface area contributed by atoms with Gasteiger partial charge in [0, 0.05) is 5.92 Å². The van der Waals surface area contributed by atoms with Gasteiger partial charge in [-0.1, -0.05) is 35.9 Å². The fourth-order valence-corrected chi connectivity index (χ4v) is 4.16. The summed E-state index contributed by atoms with van der Waals surface area (Å²) in [5.41, 5.74) is 1.31. The molecule has 0 bridgehead atoms. The third kappa shape index (κ3) is 2.14. The molecular formula is C20H18N4. The summed E-state index contributed by atoms with van der Waals surface area (Å²) in [6.07, 6.45) is 4.77. The lowest BCUT2D eigenvalue weighted by Crippen LogP contribution is -2.48. The molecule has 0 aromatic heterocycles. The Balaban J connectivity index is 2.24. The SMILES string of the molecule is Cc1ccc([C@@H]2[C@H]3CCCC=C3[C@H](C#N)C(=N)C2(C#N)C#N)cc1. The molecule has 0 aliphatic heterocycles. The maximum Gasteiger partial charge on any atom is 0.189 e. The van der Waals surface area contributed by atoms with Gasteiger partial charge in [-0.3, -0.25) is 0 Å². The minimum Gasteiger partial charge on any atom is -0.305 e. The second-order valence-electron chi connectivity index (χ2n) is 6.64. The number of hydrogen-bond acceptors (Lipinski definition) is 4. The number of fused-ring (bicyclic) bond motifs is 1. The molecule has 0 saturated heterocycles. The number of nitriles is 3. The summed E-state index contributed by atoms with van der Waals surface area (Å²) in [5.74, 6) is -1.17. The number of nitrogens with zero attached hydrogens (tertiary/aromatic N) is 3. The number of aryl methyl sites for hydroxylation is 1. The Morgan fingerprint density at radius 1 is 1.12 bits per heavy atom. The molecule has 0 amide bonds. The van der Waals surface area contributed by atoms with E-state index in [1.807, 2.05) is 31.2 Å². The van der Waals surface area contributed by atoms with E-state index < -0.39 is 17.3 Å². The van der Waals surface area contributed by atoms with Gasteiger partial charge in [-0.05, 0) is 43.2 Å². The zero-order valence-corrected chi connectivity index (χ0v) is 13.6. The van der Waals surface area contributed by atoms with Crippen molar-refractivity contribution in [2.75, 3.05) is 0 Å². The van der Waals surface area contributed by atoms with Crippen molar-refractivity contribution in [3.05, 3.63) is 47.0 Å². The van der Waals surface area contributed by atoms with Gasteiger partial charge in [-0.15, -0.1) is 0 Å². The molecule has 1 fully saturated rings. The highest BCUT2D eigenvalue weighted by Crippen LogP contribution is 2.55. The van der Waals surface area contributed by atoms with Gasteiger partial charge in [0.2, 0.25) is 0 Å². The molecule has 118 valence electrons. The average Bonchev–Trinajstić information content (AvgIpc) is 2.62. The van der Waals surface area contributed by atoms with Crippen molar-refractivity contribution in [3.63, 3.8) is 0 Å². The molecule has 3 rings (SSSR count). The molecule has 0 unspecified atom stereocenters. The van der Waals surface area contributed by atoms with Crippen LogP contribution < -0.4 is 0 Å². The van der Waals surface area contributed by atoms with E-state index in [0.717, 1.165) is 36.0 Å². The molecule has 2 aliphatic carbocycles. The Morgan fingerprint density at radius 2 is 1.79 bits per heavy atom. The Hall–Kier alpha value is -2.90. The van der Waals surface area contributed by atoms with Crippen molar-refractivity contribution < 1.29 is 0 Å². The van der Waals surface area contributed by atoms with Crippen LogP contribution in [0.3, 0.4) is 0 Å². The van der Waals surface area contributed by atoms with Crippen molar-refractivity contribution in [2.24, 2.45) is 17.3 Å². The van der Waals surface area contributed by atoms with Crippen LogP contribution in [0.25, 0.3) is 0 Å². The normalized spacial score (nSPS) is 27.8. The van der Waals surface area contributed by atoms with Crippen molar-refractivity contribution in [2.45, 2.75) is 32.1 Å². The Morgan fingerprint density at radius 3 is 2.38 bits per heavy atom. The quantitative estimate of drug-likeness (QED) is 0.793. The monoisotopic (exact) mass is 314 g/mol. The Labute approximate surface area is 142 Å². The molecule has 0 spiro atoms. The standard InChI is InChI=1S/C20H18N4/c1-13-6-8-14(9-7-13)18-16-5-3-2-4-15(16)17(10-21)19(24)20(18,11-22)12-23/h4,6-9,16-18,24H,2-3,5H2,1H3/t16-,17-,18+/m0/s1. The summed E-state index contributed by atoms with van der Waals surface area (Å²) in [4.78, 5) is 0. The maximum absolute atomic E-state index is 9.86. The highest BCUT2D eigenvalue weighted by atomic mass is 14.6. The van der Waals surface area contributed by atoms with Crippen molar-refractivity contribution in [3.8, 4) is 18.2 Å². The smallest absolute Gasteiger partial charge is 0.189 e. The first-order chi connectivity index (χ1) is 11.6. The average molecular weight is 314 g/mol. The van der Waals surface area contributed by atoms with E-state index in [-0.39, 0.29) is 11.6 Å². The second kappa shape index (κ2) is 5.95. The van der Waals surface area contributed by atoms with Crippen LogP contribution >= 0.6 is 0 Å². The van der Waals surface area contributed by atoms with Crippen LogP contribution in [0.15, 0.2) is 35.9 Å². The first kappa shape index (κ1) is 16.0. The van der Waals surface area contributed by atoms with Gasteiger partial charge in [-0.2, -0.15) is 15.8 Å². The van der Waals surface area contributed by atoms with Gasteiger partial charge in [0.15, 0.2) is 5.41 Å². The van der Waals surface area contributed by atoms with Gasteiger partial charge >= 0.3 is 0 Å². The fourth-order valence-electron chi connectivity index (χ4n) is 4.16. The number of rotatable bonds is 1. The molecule has 24 heavy (non-hydrogen) atoms. The first-order valence-corrected chi connectivity index (χ1v) is 8.16. The highest BCUT2D eigenvalue weighted by molar-refractivity contribution is 6.00. The summed E-state index contributed by atoms with van der Waals surface area (Å²) in [6.45, 7) is 1.99. The fraction of sp³-hybridized carbons (Fsp3) is 0.400. The van der Waals surface area contributed by atoms with E-state index >= 15 is 0 Å². The number of hydrogen-bond donors (Lipinski definition) is 1.